The van der Waals surface area contributed by atoms with Gasteiger partial charge in [0.25, 0.3) is 19.7 Å². The molecule has 1 aromatic heterocycles. The zero-order valence-corrected chi connectivity index (χ0v) is 36.9. The first-order chi connectivity index (χ1) is 26.3. The van der Waals surface area contributed by atoms with Crippen LogP contribution in [0.5, 0.6) is 0 Å². The molecule has 3 aliphatic heterocycles. The van der Waals surface area contributed by atoms with Crippen molar-refractivity contribution in [2.75, 3.05) is 26.2 Å². The number of rotatable bonds is 12. The minimum atomic E-state index is -3.22. The third-order valence-electron chi connectivity index (χ3n) is 12.0. The molecule has 304 valence electrons. The molecule has 0 radical (unpaired) electrons. The number of aliphatic imine (C=N–C) groups is 1. The molecule has 0 saturated carbocycles. The zero-order valence-electron chi connectivity index (χ0n) is 34.0. The Morgan fingerprint density at radius 3 is 2.14 bits per heavy atom. The Morgan fingerprint density at radius 1 is 0.929 bits per heavy atom. The lowest BCUT2D eigenvalue weighted by atomic mass is 10.1. The molecular formula is C40H59N4O9PSi2+2. The van der Waals surface area contributed by atoms with Crippen molar-refractivity contribution in [2.24, 2.45) is 4.99 Å². The second-order valence-electron chi connectivity index (χ2n) is 17.8. The van der Waals surface area contributed by atoms with Crippen molar-refractivity contribution in [2.45, 2.75) is 121 Å². The first-order valence-electron chi connectivity index (χ1n) is 19.7. The van der Waals surface area contributed by atoms with Crippen LogP contribution >= 0.6 is 8.25 Å². The average molecular weight is 827 g/mol. The van der Waals surface area contributed by atoms with E-state index in [1.165, 1.54) is 16.8 Å². The van der Waals surface area contributed by atoms with Gasteiger partial charge < -0.3 is 18.7 Å². The summed E-state index contributed by atoms with van der Waals surface area (Å²) < 4.78 is 49.3. The van der Waals surface area contributed by atoms with E-state index >= 15 is 0 Å². The Hall–Kier alpha value is -2.96. The molecular weight excluding hydrogens is 768 g/mol. The SMILES string of the molecule is CC(C)(C)[Si](C)(C)OC1[C@@H](n2ccc(=O)[nH]c2=O)O[C@@H](CO[Si](c2ccccc2)(c2ccccc2)C(C)(C)C)C1(O)O[P+](=O)O[N+]12CCCCCC1=NCCC2. The standard InChI is InChI=1S/C40H58N4O9PSi2/c1-38(2,3)55(7,8)51-35-36(43-26-24-34(45)42-37(43)46)50-32(40(35,47)52-54(48)53-44-27-17-11-16-23-33(44)41-25-18-28-44)29-49-56(39(4,5)6,30-19-12-9-13-20-30)31-21-14-10-15-22-31/h9-10,12-15,19-22,24,26,32,35-36,47H,11,16-18,23,25,27-29H2,1-8H3/q+1/p+1/t32-,35?,36-,40?,44?/m0/s1. The summed E-state index contributed by atoms with van der Waals surface area (Å²) >= 11 is 0. The van der Waals surface area contributed by atoms with Crippen LogP contribution in [0.15, 0.2) is 87.5 Å². The molecule has 4 unspecified atom stereocenters. The largest absolute Gasteiger partial charge is 0.754 e. The molecule has 0 bridgehead atoms. The van der Waals surface area contributed by atoms with Crippen LogP contribution in [0.4, 0.5) is 0 Å². The number of ether oxygens (including phenoxy) is 1. The molecule has 0 spiro atoms. The molecule has 2 fully saturated rings. The number of quaternary nitrogens is 1. The summed E-state index contributed by atoms with van der Waals surface area (Å²) in [5, 5.41) is 14.4. The summed E-state index contributed by atoms with van der Waals surface area (Å²) in [4.78, 5) is 32.8. The normalized spacial score (nSPS) is 26.6. The van der Waals surface area contributed by atoms with Crippen molar-refractivity contribution < 1.29 is 37.1 Å². The van der Waals surface area contributed by atoms with Gasteiger partial charge in [-0.15, -0.1) is 0 Å². The summed E-state index contributed by atoms with van der Waals surface area (Å²) in [6, 6.07) is 21.3. The second-order valence-corrected chi connectivity index (χ2v) is 27.6. The molecule has 2 saturated heterocycles. The van der Waals surface area contributed by atoms with Gasteiger partial charge in [0.1, 0.15) is 19.2 Å². The molecule has 2 aromatic carbocycles. The van der Waals surface area contributed by atoms with Gasteiger partial charge in [0.05, 0.1) is 17.8 Å². The van der Waals surface area contributed by atoms with Crippen molar-refractivity contribution in [3.63, 3.8) is 0 Å². The molecule has 16 heteroatoms. The predicted octanol–water partition coefficient (Wildman–Crippen LogP) is 5.89. The lowest BCUT2D eigenvalue weighted by Gasteiger charge is -2.44. The highest BCUT2D eigenvalue weighted by Gasteiger charge is 2.67. The number of hydrogen-bond donors (Lipinski definition) is 2. The van der Waals surface area contributed by atoms with Gasteiger partial charge >= 0.3 is 13.9 Å². The van der Waals surface area contributed by atoms with Gasteiger partial charge in [-0.25, -0.2) is 9.79 Å². The minimum Gasteiger partial charge on any atom is -0.405 e. The fraction of sp³-hybridized carbons (Fsp3) is 0.575. The first-order valence-corrected chi connectivity index (χ1v) is 25.6. The quantitative estimate of drug-likeness (QED) is 0.0987. The maximum atomic E-state index is 14.5. The van der Waals surface area contributed by atoms with Gasteiger partial charge in [0.2, 0.25) is 5.84 Å². The molecule has 0 amide bonds. The number of amidine groups is 1. The number of aromatic amines is 1. The van der Waals surface area contributed by atoms with Crippen LogP contribution in [-0.2, 0) is 27.3 Å². The van der Waals surface area contributed by atoms with Gasteiger partial charge in [-0.1, -0.05) is 111 Å². The fourth-order valence-corrected chi connectivity index (χ4v) is 14.8. The van der Waals surface area contributed by atoms with Crippen molar-refractivity contribution in [3.8, 4) is 0 Å². The number of hydrogen-bond acceptors (Lipinski definition) is 10. The molecule has 0 aliphatic carbocycles. The van der Waals surface area contributed by atoms with Crippen LogP contribution in [-0.4, -0.2) is 86.0 Å². The third kappa shape index (κ3) is 8.31. The Labute approximate surface area is 332 Å². The second kappa shape index (κ2) is 16.4. The number of aliphatic hydroxyl groups is 1. The number of hydroxylamine groups is 3. The van der Waals surface area contributed by atoms with E-state index in [0.29, 0.717) is 19.6 Å². The first kappa shape index (κ1) is 42.6. The van der Waals surface area contributed by atoms with Gasteiger partial charge in [-0.3, -0.25) is 14.3 Å². The van der Waals surface area contributed by atoms with Crippen LogP contribution in [0.1, 0.15) is 79.9 Å². The highest BCUT2D eigenvalue weighted by atomic mass is 31.1. The average Bonchev–Trinajstić information content (AvgIpc) is 3.24. The van der Waals surface area contributed by atoms with E-state index in [1.54, 1.807) is 0 Å². The number of nitrogens with zero attached hydrogens (tertiary/aromatic N) is 3. The summed E-state index contributed by atoms with van der Waals surface area (Å²) in [5.74, 6) is -1.64. The highest BCUT2D eigenvalue weighted by Crippen LogP contribution is 2.50. The van der Waals surface area contributed by atoms with E-state index < -0.39 is 65.4 Å². The summed E-state index contributed by atoms with van der Waals surface area (Å²) in [6.07, 6.45) is 1.54. The number of H-pyrrole nitrogens is 1. The highest BCUT2D eigenvalue weighted by molar-refractivity contribution is 7.33. The third-order valence-corrected chi connectivity index (χ3v) is 22.3. The number of aromatic nitrogens is 2. The molecule has 6 rings (SSSR count). The summed E-state index contributed by atoms with van der Waals surface area (Å²) in [5.41, 5.74) is -1.36. The molecule has 13 nitrogen and oxygen atoms in total. The van der Waals surface area contributed by atoms with Gasteiger partial charge in [-0.2, -0.15) is 0 Å². The van der Waals surface area contributed by atoms with E-state index in [9.17, 15) is 19.3 Å². The van der Waals surface area contributed by atoms with Gasteiger partial charge in [-0.05, 0) is 46.4 Å². The Balaban J connectivity index is 1.48. The lowest BCUT2D eigenvalue weighted by Crippen LogP contribution is -2.67. The van der Waals surface area contributed by atoms with Crippen LogP contribution in [0.3, 0.4) is 0 Å². The lowest BCUT2D eigenvalue weighted by molar-refractivity contribution is -1.01. The van der Waals surface area contributed by atoms with Crippen LogP contribution < -0.4 is 21.6 Å². The Kier molecular flexibility index (Phi) is 12.5. The van der Waals surface area contributed by atoms with E-state index in [4.69, 9.17) is 27.7 Å². The van der Waals surface area contributed by atoms with E-state index in [-0.39, 0.29) is 16.3 Å². The summed E-state index contributed by atoms with van der Waals surface area (Å²) in [6.45, 7) is 18.2. The molecule has 3 aromatic rings. The maximum absolute atomic E-state index is 14.5. The topological polar surface area (TPSA) is 151 Å². The molecule has 6 atom stereocenters. The predicted molar refractivity (Wildman–Crippen MR) is 221 cm³/mol. The monoisotopic (exact) mass is 826 g/mol. The van der Waals surface area contributed by atoms with Crippen LogP contribution in [0.25, 0.3) is 0 Å². The van der Waals surface area contributed by atoms with E-state index in [0.717, 1.165) is 48.3 Å². The van der Waals surface area contributed by atoms with Crippen molar-refractivity contribution >= 4 is 41.1 Å². The van der Waals surface area contributed by atoms with Gasteiger partial charge in [0.15, 0.2) is 20.6 Å². The number of nitrogens with one attached hydrogen (secondary N) is 1. The van der Waals surface area contributed by atoms with Gasteiger partial charge in [0, 0.05) is 36.1 Å². The molecule has 3 aliphatic rings. The Bertz CT molecular complexity index is 1960. The van der Waals surface area contributed by atoms with Crippen molar-refractivity contribution in [3.05, 3.63) is 93.8 Å². The molecule has 4 heterocycles. The number of fused-ring (bicyclic) bond motifs is 1. The minimum absolute atomic E-state index is 0.0219. The molecule has 56 heavy (non-hydrogen) atoms. The van der Waals surface area contributed by atoms with E-state index in [1.807, 2.05) is 49.5 Å². The fourth-order valence-electron chi connectivity index (χ4n) is 7.97. The zero-order chi connectivity index (χ0) is 40.6. The Morgan fingerprint density at radius 2 is 1.55 bits per heavy atom. The van der Waals surface area contributed by atoms with E-state index in [2.05, 4.69) is 70.8 Å². The molecule has 2 N–H and O–H groups in total. The van der Waals surface area contributed by atoms with Crippen LogP contribution in [0, 0.1) is 0 Å². The van der Waals surface area contributed by atoms with Crippen LogP contribution in [0.2, 0.25) is 23.2 Å². The smallest absolute Gasteiger partial charge is 0.405 e. The maximum Gasteiger partial charge on any atom is 0.754 e. The summed E-state index contributed by atoms with van der Waals surface area (Å²) in [7, 11) is -9.08. The van der Waals surface area contributed by atoms with Crippen molar-refractivity contribution in [1.82, 2.24) is 9.55 Å². The van der Waals surface area contributed by atoms with Crippen molar-refractivity contribution in [1.29, 1.82) is 0 Å². The number of benzene rings is 2.